The number of nitrogens with zero attached hydrogens (tertiary/aromatic N) is 1. The minimum Gasteiger partial charge on any atom is -0.491 e. The van der Waals surface area contributed by atoms with Crippen LogP contribution in [0.15, 0.2) is 24.3 Å². The molecule has 0 aliphatic rings. The number of amides is 1. The van der Waals surface area contributed by atoms with Crippen LogP contribution in [0.2, 0.25) is 0 Å². The fourth-order valence-electron chi connectivity index (χ4n) is 2.43. The van der Waals surface area contributed by atoms with Crippen molar-refractivity contribution in [3.63, 3.8) is 0 Å². The summed E-state index contributed by atoms with van der Waals surface area (Å²) in [7, 11) is 1.37. The lowest BCUT2D eigenvalue weighted by Crippen LogP contribution is -2.38. The summed E-state index contributed by atoms with van der Waals surface area (Å²) in [6.07, 6.45) is 0.971. The number of rotatable bonds is 9. The summed E-state index contributed by atoms with van der Waals surface area (Å²) >= 11 is 0. The second-order valence-corrected chi connectivity index (χ2v) is 7.05. The minimum absolute atomic E-state index is 0.0764. The Bertz CT molecular complexity index is 551. The van der Waals surface area contributed by atoms with Gasteiger partial charge in [-0.05, 0) is 50.5 Å². The number of benzene rings is 1. The number of hydrogen-bond acceptors (Lipinski definition) is 4. The maximum Gasteiger partial charge on any atom is 0.310 e. The number of ether oxygens (including phenoxy) is 2. The lowest BCUT2D eigenvalue weighted by molar-refractivity contribution is -0.145. The summed E-state index contributed by atoms with van der Waals surface area (Å²) in [6, 6.07) is 7.14. The van der Waals surface area contributed by atoms with Crippen LogP contribution in [0.25, 0.3) is 0 Å². The van der Waals surface area contributed by atoms with Crippen LogP contribution in [-0.4, -0.2) is 43.1 Å². The van der Waals surface area contributed by atoms with Crippen LogP contribution in [0.1, 0.15) is 51.4 Å². The fourth-order valence-corrected chi connectivity index (χ4v) is 2.43. The first kappa shape index (κ1) is 21.0. The van der Waals surface area contributed by atoms with Gasteiger partial charge in [-0.25, -0.2) is 0 Å². The Hall–Kier alpha value is -2.04. The van der Waals surface area contributed by atoms with Crippen molar-refractivity contribution in [2.75, 3.05) is 20.2 Å². The zero-order valence-corrected chi connectivity index (χ0v) is 16.2. The first-order valence-corrected chi connectivity index (χ1v) is 8.88. The number of carbonyl (C=O) groups excluding carboxylic acids is 2. The lowest BCUT2D eigenvalue weighted by atomic mass is 10.1. The van der Waals surface area contributed by atoms with Crippen molar-refractivity contribution in [1.82, 2.24) is 4.90 Å². The molecule has 1 unspecified atom stereocenters. The van der Waals surface area contributed by atoms with Crippen LogP contribution >= 0.6 is 0 Å². The van der Waals surface area contributed by atoms with E-state index >= 15 is 0 Å². The minimum atomic E-state index is -0.357. The second kappa shape index (κ2) is 10.1. The molecule has 0 saturated carbocycles. The quantitative estimate of drug-likeness (QED) is 0.637. The second-order valence-electron chi connectivity index (χ2n) is 7.05. The molecule has 0 fully saturated rings. The maximum atomic E-state index is 12.9. The third-order valence-corrected chi connectivity index (χ3v) is 3.83. The Balaban J connectivity index is 2.88. The van der Waals surface area contributed by atoms with Gasteiger partial charge in [0.15, 0.2) is 0 Å². The molecule has 0 aliphatic heterocycles. The molecule has 0 N–H and O–H groups in total. The van der Waals surface area contributed by atoms with Gasteiger partial charge >= 0.3 is 5.97 Å². The molecule has 0 heterocycles. The summed E-state index contributed by atoms with van der Waals surface area (Å²) < 4.78 is 10.4. The number of esters is 1. The van der Waals surface area contributed by atoms with Crippen LogP contribution in [0.3, 0.4) is 0 Å². The highest BCUT2D eigenvalue weighted by Gasteiger charge is 2.22. The van der Waals surface area contributed by atoms with Gasteiger partial charge < -0.3 is 14.4 Å². The molecule has 0 saturated heterocycles. The van der Waals surface area contributed by atoms with E-state index in [9.17, 15) is 9.59 Å². The van der Waals surface area contributed by atoms with Crippen LogP contribution in [0, 0.1) is 11.8 Å². The highest BCUT2D eigenvalue weighted by atomic mass is 16.5. The van der Waals surface area contributed by atoms with Crippen LogP contribution < -0.4 is 4.74 Å². The molecule has 0 radical (unpaired) electrons. The van der Waals surface area contributed by atoms with Gasteiger partial charge in [0.05, 0.1) is 19.1 Å². The van der Waals surface area contributed by atoms with Crippen molar-refractivity contribution >= 4 is 11.9 Å². The molecule has 25 heavy (non-hydrogen) atoms. The Morgan fingerprint density at radius 1 is 1.04 bits per heavy atom. The van der Waals surface area contributed by atoms with Gasteiger partial charge in [-0.2, -0.15) is 0 Å². The highest BCUT2D eigenvalue weighted by molar-refractivity contribution is 5.94. The Kier molecular flexibility index (Phi) is 8.46. The first-order chi connectivity index (χ1) is 11.7. The van der Waals surface area contributed by atoms with Gasteiger partial charge in [0.1, 0.15) is 5.75 Å². The van der Waals surface area contributed by atoms with Gasteiger partial charge in [-0.3, -0.25) is 9.59 Å². The average molecular weight is 349 g/mol. The van der Waals surface area contributed by atoms with Crippen LogP contribution in [-0.2, 0) is 9.53 Å². The van der Waals surface area contributed by atoms with Gasteiger partial charge in [0.2, 0.25) is 0 Å². The number of methoxy groups -OCH3 is 1. The van der Waals surface area contributed by atoms with E-state index < -0.39 is 0 Å². The van der Waals surface area contributed by atoms with E-state index in [1.54, 1.807) is 36.1 Å². The van der Waals surface area contributed by atoms with Gasteiger partial charge in [-0.1, -0.05) is 20.8 Å². The highest BCUT2D eigenvalue weighted by Crippen LogP contribution is 2.17. The molecule has 5 nitrogen and oxygen atoms in total. The Labute approximate surface area is 151 Å². The molecular weight excluding hydrogens is 318 g/mol. The average Bonchev–Trinajstić information content (AvgIpc) is 2.56. The molecule has 0 aliphatic carbocycles. The number of hydrogen-bond donors (Lipinski definition) is 0. The van der Waals surface area contributed by atoms with Gasteiger partial charge in [0, 0.05) is 18.7 Å². The zero-order chi connectivity index (χ0) is 19.0. The van der Waals surface area contributed by atoms with Crippen LogP contribution in [0.5, 0.6) is 5.75 Å². The van der Waals surface area contributed by atoms with Crippen molar-refractivity contribution in [1.29, 1.82) is 0 Å². The van der Waals surface area contributed by atoms with Gasteiger partial charge in [-0.15, -0.1) is 0 Å². The van der Waals surface area contributed by atoms with E-state index in [4.69, 9.17) is 9.47 Å². The zero-order valence-electron chi connectivity index (χ0n) is 16.2. The summed E-state index contributed by atoms with van der Waals surface area (Å²) in [5.41, 5.74) is 0.594. The molecule has 5 heteroatoms. The molecule has 1 rings (SSSR count). The van der Waals surface area contributed by atoms with Crippen LogP contribution in [0.4, 0.5) is 0 Å². The van der Waals surface area contributed by atoms with E-state index in [0.717, 1.165) is 12.2 Å². The van der Waals surface area contributed by atoms with Crippen molar-refractivity contribution < 1.29 is 19.1 Å². The Morgan fingerprint density at radius 2 is 1.64 bits per heavy atom. The third kappa shape index (κ3) is 7.16. The molecule has 0 bridgehead atoms. The lowest BCUT2D eigenvalue weighted by Gasteiger charge is -2.26. The van der Waals surface area contributed by atoms with Crippen molar-refractivity contribution in [2.45, 2.75) is 47.1 Å². The number of carbonyl (C=O) groups is 2. The topological polar surface area (TPSA) is 55.8 Å². The largest absolute Gasteiger partial charge is 0.491 e. The third-order valence-electron chi connectivity index (χ3n) is 3.83. The van der Waals surface area contributed by atoms with Crippen molar-refractivity contribution in [2.24, 2.45) is 11.8 Å². The van der Waals surface area contributed by atoms with E-state index in [0.29, 0.717) is 24.6 Å². The summed E-state index contributed by atoms with van der Waals surface area (Å²) in [4.78, 5) is 26.3. The molecule has 1 aromatic carbocycles. The summed E-state index contributed by atoms with van der Waals surface area (Å²) in [5, 5.41) is 0. The Morgan fingerprint density at radius 3 is 2.12 bits per heavy atom. The predicted molar refractivity (Wildman–Crippen MR) is 98.7 cm³/mol. The predicted octanol–water partition coefficient (Wildman–Crippen LogP) is 3.77. The van der Waals surface area contributed by atoms with E-state index in [1.165, 1.54) is 7.11 Å². The monoisotopic (exact) mass is 349 g/mol. The molecule has 0 aromatic heterocycles. The molecule has 0 spiro atoms. The first-order valence-electron chi connectivity index (χ1n) is 8.88. The summed E-state index contributed by atoms with van der Waals surface area (Å²) in [5.74, 6) is 0.481. The van der Waals surface area contributed by atoms with E-state index in [2.05, 4.69) is 13.8 Å². The molecule has 1 amide bonds. The molecule has 140 valence electrons. The SMILES string of the molecule is COC(=O)C(C)CN(CCC(C)C)C(=O)c1ccc(OC(C)C)cc1. The maximum absolute atomic E-state index is 12.9. The van der Waals surface area contributed by atoms with E-state index in [-0.39, 0.29) is 23.9 Å². The molecule has 1 atom stereocenters. The van der Waals surface area contributed by atoms with Crippen molar-refractivity contribution in [3.8, 4) is 5.75 Å². The van der Waals surface area contributed by atoms with Crippen molar-refractivity contribution in [3.05, 3.63) is 29.8 Å². The molecular formula is C20H31NO4. The normalized spacial score (nSPS) is 12.2. The summed E-state index contributed by atoms with van der Waals surface area (Å²) in [6.45, 7) is 10.9. The standard InChI is InChI=1S/C20H31NO4/c1-14(2)11-12-21(13-16(5)20(23)24-6)19(22)17-7-9-18(10-8-17)25-15(3)4/h7-10,14-16H,11-13H2,1-6H3. The van der Waals surface area contributed by atoms with E-state index in [1.807, 2.05) is 13.8 Å². The molecule has 1 aromatic rings. The smallest absolute Gasteiger partial charge is 0.310 e. The fraction of sp³-hybridized carbons (Fsp3) is 0.600. The van der Waals surface area contributed by atoms with Gasteiger partial charge in [0.25, 0.3) is 5.91 Å².